The van der Waals surface area contributed by atoms with Crippen molar-refractivity contribution in [3.63, 3.8) is 0 Å². The molecule has 0 aliphatic heterocycles. The maximum atomic E-state index is 11.3. The molecule has 0 atom stereocenters. The van der Waals surface area contributed by atoms with Crippen LogP contribution in [0.5, 0.6) is 0 Å². The van der Waals surface area contributed by atoms with Gasteiger partial charge in [0.25, 0.3) is 0 Å². The van der Waals surface area contributed by atoms with Gasteiger partial charge in [-0.05, 0) is 31.7 Å². The Morgan fingerprint density at radius 3 is 3.00 bits per heavy atom. The third-order valence-corrected chi connectivity index (χ3v) is 3.11. The van der Waals surface area contributed by atoms with Crippen LogP contribution in [0.25, 0.3) is 0 Å². The van der Waals surface area contributed by atoms with Crippen molar-refractivity contribution in [2.24, 2.45) is 11.6 Å². The minimum atomic E-state index is -0.393. The summed E-state index contributed by atoms with van der Waals surface area (Å²) < 4.78 is 5.40. The molecule has 0 saturated heterocycles. The van der Waals surface area contributed by atoms with Gasteiger partial charge in [-0.3, -0.25) is 10.2 Å². The van der Waals surface area contributed by atoms with Crippen molar-refractivity contribution >= 4 is 17.7 Å². The fraction of sp³-hybridized carbons (Fsp3) is 0.500. The fourth-order valence-electron chi connectivity index (χ4n) is 1.27. The van der Waals surface area contributed by atoms with E-state index < -0.39 is 5.91 Å². The number of amides is 1. The van der Waals surface area contributed by atoms with Crippen LogP contribution >= 0.6 is 11.8 Å². The highest BCUT2D eigenvalue weighted by atomic mass is 32.2. The molecule has 5 N–H and O–H groups in total. The van der Waals surface area contributed by atoms with Crippen molar-refractivity contribution in [3.05, 3.63) is 23.2 Å². The molecule has 1 rings (SSSR count). The molecule has 0 saturated carbocycles. The van der Waals surface area contributed by atoms with E-state index in [0.29, 0.717) is 6.54 Å². The molecule has 0 aliphatic rings. The largest absolute Gasteiger partial charge is 0.455 e. The van der Waals surface area contributed by atoms with Crippen molar-refractivity contribution in [1.29, 1.82) is 0 Å². The van der Waals surface area contributed by atoms with Gasteiger partial charge in [0, 0.05) is 5.56 Å². The molecule has 0 radical (unpaired) electrons. The predicted molar refractivity (Wildman–Crippen MR) is 64.9 cm³/mol. The van der Waals surface area contributed by atoms with Crippen LogP contribution in [0.3, 0.4) is 0 Å². The summed E-state index contributed by atoms with van der Waals surface area (Å²) in [6, 6.07) is 1.86. The maximum absolute atomic E-state index is 11.3. The summed E-state index contributed by atoms with van der Waals surface area (Å²) >= 11 is 1.74. The summed E-state index contributed by atoms with van der Waals surface area (Å²) in [6.45, 7) is 2.52. The Bertz CT molecular complexity index is 352. The van der Waals surface area contributed by atoms with Gasteiger partial charge in [0.15, 0.2) is 5.76 Å². The first-order chi connectivity index (χ1) is 7.69. The average Bonchev–Trinajstić information content (AvgIpc) is 2.65. The van der Waals surface area contributed by atoms with E-state index >= 15 is 0 Å². The SMILES string of the molecule is Cc1cc(CSCCCN)oc1C(=O)NN. The minimum Gasteiger partial charge on any atom is -0.455 e. The highest BCUT2D eigenvalue weighted by Crippen LogP contribution is 2.19. The van der Waals surface area contributed by atoms with Crippen LogP contribution in [-0.4, -0.2) is 18.2 Å². The highest BCUT2D eigenvalue weighted by Gasteiger charge is 2.14. The number of nitrogens with two attached hydrogens (primary N) is 2. The molecule has 5 nitrogen and oxygen atoms in total. The maximum Gasteiger partial charge on any atom is 0.301 e. The Hall–Kier alpha value is -0.980. The molecule has 1 amide bonds. The highest BCUT2D eigenvalue weighted by molar-refractivity contribution is 7.98. The van der Waals surface area contributed by atoms with Crippen LogP contribution < -0.4 is 17.0 Å². The molecule has 1 heterocycles. The van der Waals surface area contributed by atoms with Crippen LogP contribution in [0.2, 0.25) is 0 Å². The number of carbonyl (C=O) groups excluding carboxylic acids is 1. The third-order valence-electron chi connectivity index (χ3n) is 2.04. The first kappa shape index (κ1) is 13.1. The zero-order chi connectivity index (χ0) is 12.0. The summed E-state index contributed by atoms with van der Waals surface area (Å²) in [5.74, 6) is 7.47. The third kappa shape index (κ3) is 3.55. The lowest BCUT2D eigenvalue weighted by molar-refractivity contribution is 0.0923. The van der Waals surface area contributed by atoms with Gasteiger partial charge >= 0.3 is 5.91 Å². The van der Waals surface area contributed by atoms with Gasteiger partial charge in [-0.2, -0.15) is 11.8 Å². The lowest BCUT2D eigenvalue weighted by Crippen LogP contribution is -2.30. The van der Waals surface area contributed by atoms with Crippen molar-refractivity contribution < 1.29 is 9.21 Å². The van der Waals surface area contributed by atoms with E-state index in [9.17, 15) is 4.79 Å². The molecule has 0 bridgehead atoms. The number of furan rings is 1. The Kier molecular flexibility index (Phi) is 5.37. The van der Waals surface area contributed by atoms with Crippen LogP contribution in [0.15, 0.2) is 10.5 Å². The molecule has 90 valence electrons. The summed E-state index contributed by atoms with van der Waals surface area (Å²) in [5, 5.41) is 0. The van der Waals surface area contributed by atoms with Crippen molar-refractivity contribution in [2.75, 3.05) is 12.3 Å². The van der Waals surface area contributed by atoms with Crippen LogP contribution in [0.4, 0.5) is 0 Å². The van der Waals surface area contributed by atoms with E-state index in [4.69, 9.17) is 16.0 Å². The number of thioether (sulfide) groups is 1. The molecule has 1 aromatic rings. The standard InChI is InChI=1S/C10H17N3O2S/c1-7-5-8(6-16-4-2-3-11)15-9(7)10(14)13-12/h5H,2-4,6,11-12H2,1H3,(H,13,14). The number of hydrogen-bond donors (Lipinski definition) is 3. The Balaban J connectivity index is 2.52. The average molecular weight is 243 g/mol. The lowest BCUT2D eigenvalue weighted by atomic mass is 10.2. The van der Waals surface area contributed by atoms with E-state index in [1.165, 1.54) is 0 Å². The van der Waals surface area contributed by atoms with Crippen molar-refractivity contribution in [2.45, 2.75) is 19.1 Å². The number of nitrogens with one attached hydrogen (secondary N) is 1. The molecule has 16 heavy (non-hydrogen) atoms. The van der Waals surface area contributed by atoms with Gasteiger partial charge in [-0.25, -0.2) is 5.84 Å². The Labute approximate surface area is 98.9 Å². The van der Waals surface area contributed by atoms with E-state index in [-0.39, 0.29) is 5.76 Å². The second-order valence-corrected chi connectivity index (χ2v) is 4.50. The van der Waals surface area contributed by atoms with Crippen LogP contribution in [0.1, 0.15) is 28.3 Å². The number of hydrogen-bond acceptors (Lipinski definition) is 5. The topological polar surface area (TPSA) is 94.3 Å². The molecular formula is C10H17N3O2S. The zero-order valence-corrected chi connectivity index (χ0v) is 10.1. The van der Waals surface area contributed by atoms with E-state index in [1.54, 1.807) is 11.8 Å². The lowest BCUT2D eigenvalue weighted by Gasteiger charge is -1.97. The van der Waals surface area contributed by atoms with E-state index in [1.807, 2.05) is 13.0 Å². The normalized spacial score (nSPS) is 10.4. The molecule has 0 aliphatic carbocycles. The van der Waals surface area contributed by atoms with Gasteiger partial charge < -0.3 is 10.2 Å². The second kappa shape index (κ2) is 6.57. The van der Waals surface area contributed by atoms with Gasteiger partial charge in [-0.15, -0.1) is 0 Å². The molecular weight excluding hydrogens is 226 g/mol. The van der Waals surface area contributed by atoms with Crippen molar-refractivity contribution in [3.8, 4) is 0 Å². The summed E-state index contributed by atoms with van der Waals surface area (Å²) in [6.07, 6.45) is 0.987. The molecule has 0 unspecified atom stereocenters. The number of nitrogen functional groups attached to an aromatic ring is 1. The monoisotopic (exact) mass is 243 g/mol. The van der Waals surface area contributed by atoms with Crippen LogP contribution in [-0.2, 0) is 5.75 Å². The number of aryl methyl sites for hydroxylation is 1. The van der Waals surface area contributed by atoms with E-state index in [2.05, 4.69) is 5.43 Å². The van der Waals surface area contributed by atoms with Gasteiger partial charge in [0.2, 0.25) is 0 Å². The molecule has 0 spiro atoms. The molecule has 0 fully saturated rings. The van der Waals surface area contributed by atoms with E-state index in [0.717, 1.165) is 29.3 Å². The predicted octanol–water partition coefficient (Wildman–Crippen LogP) is 0.774. The quantitative estimate of drug-likeness (QED) is 0.297. The second-order valence-electron chi connectivity index (χ2n) is 3.39. The first-order valence-corrected chi connectivity index (χ1v) is 6.22. The Morgan fingerprint density at radius 2 is 2.38 bits per heavy atom. The van der Waals surface area contributed by atoms with Crippen LogP contribution in [0, 0.1) is 6.92 Å². The zero-order valence-electron chi connectivity index (χ0n) is 9.29. The summed E-state index contributed by atoms with van der Waals surface area (Å²) in [5.41, 5.74) is 8.25. The molecule has 1 aromatic heterocycles. The smallest absolute Gasteiger partial charge is 0.301 e. The van der Waals surface area contributed by atoms with Gasteiger partial charge in [-0.1, -0.05) is 0 Å². The minimum absolute atomic E-state index is 0.289. The van der Waals surface area contributed by atoms with Gasteiger partial charge in [0.05, 0.1) is 5.75 Å². The van der Waals surface area contributed by atoms with Crippen molar-refractivity contribution in [1.82, 2.24) is 5.43 Å². The molecule has 0 aromatic carbocycles. The molecule has 6 heteroatoms. The first-order valence-electron chi connectivity index (χ1n) is 5.07. The fourth-order valence-corrected chi connectivity index (χ4v) is 2.13. The summed E-state index contributed by atoms with van der Waals surface area (Å²) in [4.78, 5) is 11.3. The Morgan fingerprint density at radius 1 is 1.62 bits per heavy atom. The summed E-state index contributed by atoms with van der Waals surface area (Å²) in [7, 11) is 0. The van der Waals surface area contributed by atoms with Gasteiger partial charge in [0.1, 0.15) is 5.76 Å². The number of hydrazine groups is 1. The number of carbonyl (C=O) groups is 1. The number of rotatable bonds is 6.